The van der Waals surface area contributed by atoms with Crippen molar-refractivity contribution in [2.24, 2.45) is 4.99 Å². The average molecular weight is 415 g/mol. The molecule has 1 unspecified atom stereocenters. The lowest BCUT2D eigenvalue weighted by molar-refractivity contribution is 0.323. The Balaban J connectivity index is 1.41. The molecule has 0 amide bonds. The first-order valence-corrected chi connectivity index (χ1v) is 10.6. The molecule has 0 radical (unpaired) electrons. The van der Waals surface area contributed by atoms with Gasteiger partial charge in [-0.05, 0) is 29.8 Å². The molecule has 28 heavy (non-hydrogen) atoms. The van der Waals surface area contributed by atoms with E-state index in [4.69, 9.17) is 21.3 Å². The Kier molecular flexibility index (Phi) is 6.03. The summed E-state index contributed by atoms with van der Waals surface area (Å²) in [5, 5.41) is 0.420. The van der Waals surface area contributed by atoms with E-state index in [1.165, 1.54) is 11.6 Å². The fraction of sp³-hybridized carbons (Fsp3) is 0.227. The van der Waals surface area contributed by atoms with Crippen LogP contribution in [-0.4, -0.2) is 28.9 Å². The highest BCUT2D eigenvalue weighted by atomic mass is 35.5. The predicted molar refractivity (Wildman–Crippen MR) is 114 cm³/mol. The zero-order valence-electron chi connectivity index (χ0n) is 15.2. The van der Waals surface area contributed by atoms with Gasteiger partial charge in [-0.15, -0.1) is 0 Å². The molecule has 1 aliphatic heterocycles. The van der Waals surface area contributed by atoms with Crippen molar-refractivity contribution in [1.29, 1.82) is 0 Å². The van der Waals surface area contributed by atoms with Crippen molar-refractivity contribution in [3.63, 3.8) is 0 Å². The molecular formula is C22H20ClFN2OS. The molecule has 0 saturated carbocycles. The fourth-order valence-corrected chi connectivity index (χ4v) is 4.34. The van der Waals surface area contributed by atoms with Crippen LogP contribution in [0.5, 0.6) is 0 Å². The van der Waals surface area contributed by atoms with Crippen molar-refractivity contribution < 1.29 is 9.13 Å². The second kappa shape index (κ2) is 8.84. The highest BCUT2D eigenvalue weighted by Crippen LogP contribution is 2.23. The smallest absolute Gasteiger partial charge is 0.233 e. The van der Waals surface area contributed by atoms with Gasteiger partial charge in [-0.25, -0.2) is 9.38 Å². The molecule has 3 aromatic rings. The SMILES string of the molecule is Fc1cccc(Cl)c1Cn1cccc1C1=NC(CSCc2ccccc2)CO1. The van der Waals surface area contributed by atoms with E-state index in [-0.39, 0.29) is 11.9 Å². The average Bonchev–Trinajstić information content (AvgIpc) is 3.35. The summed E-state index contributed by atoms with van der Waals surface area (Å²) in [6, 6.07) is 19.1. The van der Waals surface area contributed by atoms with Crippen LogP contribution in [0.15, 0.2) is 71.9 Å². The minimum atomic E-state index is -0.309. The Morgan fingerprint density at radius 2 is 1.96 bits per heavy atom. The number of hydrogen-bond acceptors (Lipinski definition) is 3. The number of ether oxygens (including phenoxy) is 1. The number of thioether (sulfide) groups is 1. The third-order valence-electron chi connectivity index (χ3n) is 4.57. The number of benzene rings is 2. The zero-order valence-corrected chi connectivity index (χ0v) is 16.8. The van der Waals surface area contributed by atoms with Crippen molar-refractivity contribution in [3.05, 3.63) is 94.5 Å². The maximum atomic E-state index is 14.1. The molecule has 3 nitrogen and oxygen atoms in total. The lowest BCUT2D eigenvalue weighted by atomic mass is 10.2. The van der Waals surface area contributed by atoms with Crippen molar-refractivity contribution in [2.75, 3.05) is 12.4 Å². The van der Waals surface area contributed by atoms with E-state index in [0.717, 1.165) is 17.2 Å². The standard InChI is InChI=1S/C22H20ClFN2OS/c23-19-8-4-9-20(24)18(19)12-26-11-5-10-21(26)22-25-17(13-27-22)15-28-14-16-6-2-1-3-7-16/h1-11,17H,12-15H2. The minimum absolute atomic E-state index is 0.129. The van der Waals surface area contributed by atoms with Crippen LogP contribution in [0.3, 0.4) is 0 Å². The van der Waals surface area contributed by atoms with Crippen LogP contribution in [0.4, 0.5) is 4.39 Å². The first kappa shape index (κ1) is 19.1. The topological polar surface area (TPSA) is 26.5 Å². The van der Waals surface area contributed by atoms with E-state index in [9.17, 15) is 4.39 Å². The van der Waals surface area contributed by atoms with Gasteiger partial charge < -0.3 is 9.30 Å². The first-order valence-electron chi connectivity index (χ1n) is 9.11. The van der Waals surface area contributed by atoms with Crippen LogP contribution in [0.25, 0.3) is 0 Å². The van der Waals surface area contributed by atoms with E-state index in [1.807, 2.05) is 40.7 Å². The molecule has 0 spiro atoms. The fourth-order valence-electron chi connectivity index (χ4n) is 3.13. The maximum Gasteiger partial charge on any atom is 0.233 e. The van der Waals surface area contributed by atoms with Gasteiger partial charge in [0.15, 0.2) is 0 Å². The van der Waals surface area contributed by atoms with Crippen LogP contribution < -0.4 is 0 Å². The van der Waals surface area contributed by atoms with E-state index < -0.39 is 0 Å². The molecule has 4 rings (SSSR count). The normalized spacial score (nSPS) is 16.1. The molecule has 0 bridgehead atoms. The molecule has 0 N–H and O–H groups in total. The van der Waals surface area contributed by atoms with E-state index in [0.29, 0.717) is 29.6 Å². The molecule has 1 atom stereocenters. The molecule has 0 fully saturated rings. The van der Waals surface area contributed by atoms with Gasteiger partial charge in [0.2, 0.25) is 5.90 Å². The van der Waals surface area contributed by atoms with E-state index in [2.05, 4.69) is 24.3 Å². The van der Waals surface area contributed by atoms with E-state index >= 15 is 0 Å². The second-order valence-electron chi connectivity index (χ2n) is 6.62. The van der Waals surface area contributed by atoms with Crippen LogP contribution >= 0.6 is 23.4 Å². The molecular weight excluding hydrogens is 395 g/mol. The molecule has 6 heteroatoms. The number of halogens is 2. The van der Waals surface area contributed by atoms with Crippen LogP contribution in [-0.2, 0) is 17.0 Å². The number of aliphatic imine (C=N–C) groups is 1. The Morgan fingerprint density at radius 1 is 1.11 bits per heavy atom. The highest BCUT2D eigenvalue weighted by molar-refractivity contribution is 7.98. The summed E-state index contributed by atoms with van der Waals surface area (Å²) in [6.07, 6.45) is 1.89. The molecule has 2 aromatic carbocycles. The molecule has 0 aliphatic carbocycles. The van der Waals surface area contributed by atoms with Gasteiger partial charge in [0.05, 0.1) is 12.6 Å². The van der Waals surface area contributed by atoms with Gasteiger partial charge in [-0.3, -0.25) is 0 Å². The monoisotopic (exact) mass is 414 g/mol. The number of nitrogens with zero attached hydrogens (tertiary/aromatic N) is 2. The summed E-state index contributed by atoms with van der Waals surface area (Å²) in [5.41, 5.74) is 2.62. The van der Waals surface area contributed by atoms with Gasteiger partial charge >= 0.3 is 0 Å². The van der Waals surface area contributed by atoms with Gasteiger partial charge in [0.25, 0.3) is 0 Å². The number of aromatic nitrogens is 1. The number of rotatable bonds is 7. The molecule has 144 valence electrons. The summed E-state index contributed by atoms with van der Waals surface area (Å²) in [6.45, 7) is 0.909. The molecule has 1 aromatic heterocycles. The predicted octanol–water partition coefficient (Wildman–Crippen LogP) is 5.41. The Morgan fingerprint density at radius 3 is 2.79 bits per heavy atom. The van der Waals surface area contributed by atoms with Crippen LogP contribution in [0.1, 0.15) is 16.8 Å². The summed E-state index contributed by atoms with van der Waals surface area (Å²) in [7, 11) is 0. The summed E-state index contributed by atoms with van der Waals surface area (Å²) < 4.78 is 21.9. The summed E-state index contributed by atoms with van der Waals surface area (Å²) in [5.74, 6) is 2.17. The Bertz CT molecular complexity index is 953. The van der Waals surface area contributed by atoms with Gasteiger partial charge in [-0.1, -0.05) is 48.0 Å². The third-order valence-corrected chi connectivity index (χ3v) is 6.08. The second-order valence-corrected chi connectivity index (χ2v) is 8.06. The Hall–Kier alpha value is -2.24. The van der Waals surface area contributed by atoms with Gasteiger partial charge in [0, 0.05) is 28.3 Å². The molecule has 2 heterocycles. The van der Waals surface area contributed by atoms with Crippen LogP contribution in [0, 0.1) is 5.82 Å². The lowest BCUT2D eigenvalue weighted by Gasteiger charge is -2.11. The largest absolute Gasteiger partial charge is 0.474 e. The van der Waals surface area contributed by atoms with Crippen molar-refractivity contribution in [2.45, 2.75) is 18.3 Å². The summed E-state index contributed by atoms with van der Waals surface area (Å²) in [4.78, 5) is 4.73. The third kappa shape index (κ3) is 4.42. The van der Waals surface area contributed by atoms with Gasteiger partial charge in [-0.2, -0.15) is 11.8 Å². The summed E-state index contributed by atoms with van der Waals surface area (Å²) >= 11 is 8.02. The van der Waals surface area contributed by atoms with E-state index in [1.54, 1.807) is 12.1 Å². The van der Waals surface area contributed by atoms with Crippen molar-refractivity contribution >= 4 is 29.3 Å². The highest BCUT2D eigenvalue weighted by Gasteiger charge is 2.22. The maximum absolute atomic E-state index is 14.1. The quantitative estimate of drug-likeness (QED) is 0.517. The lowest BCUT2D eigenvalue weighted by Crippen LogP contribution is -2.11. The zero-order chi connectivity index (χ0) is 19.3. The molecule has 1 aliphatic rings. The minimum Gasteiger partial charge on any atom is -0.474 e. The Labute approximate surface area is 173 Å². The van der Waals surface area contributed by atoms with Crippen LogP contribution in [0.2, 0.25) is 5.02 Å². The van der Waals surface area contributed by atoms with Crippen molar-refractivity contribution in [3.8, 4) is 0 Å². The first-order chi connectivity index (χ1) is 13.7. The van der Waals surface area contributed by atoms with Gasteiger partial charge in [0.1, 0.15) is 18.1 Å². The number of hydrogen-bond donors (Lipinski definition) is 0. The molecule has 0 saturated heterocycles. The van der Waals surface area contributed by atoms with Crippen molar-refractivity contribution in [1.82, 2.24) is 4.57 Å².